The summed E-state index contributed by atoms with van der Waals surface area (Å²) in [5, 5.41) is 10.7. The van der Waals surface area contributed by atoms with Gasteiger partial charge in [0.15, 0.2) is 5.82 Å². The maximum Gasteiger partial charge on any atom is 0.255 e. The van der Waals surface area contributed by atoms with Crippen LogP contribution in [0, 0.1) is 0 Å². The second-order valence-electron chi connectivity index (χ2n) is 6.61. The van der Waals surface area contributed by atoms with Crippen LogP contribution in [-0.2, 0) is 0 Å². The number of aromatic amines is 1. The van der Waals surface area contributed by atoms with E-state index in [1.807, 2.05) is 30.3 Å². The zero-order chi connectivity index (χ0) is 18.6. The van der Waals surface area contributed by atoms with Gasteiger partial charge in [0.1, 0.15) is 5.75 Å². The number of hydrogen-bond donors (Lipinski definition) is 2. The minimum Gasteiger partial charge on any atom is -0.496 e. The van der Waals surface area contributed by atoms with Crippen LogP contribution in [0.4, 0.5) is 5.82 Å². The fourth-order valence-corrected chi connectivity index (χ4v) is 3.42. The summed E-state index contributed by atoms with van der Waals surface area (Å²) in [5.41, 5.74) is 2.66. The van der Waals surface area contributed by atoms with E-state index < -0.39 is 0 Å². The number of amides is 1. The highest BCUT2D eigenvalue weighted by Gasteiger charge is 2.26. The third-order valence-corrected chi connectivity index (χ3v) is 4.85. The van der Waals surface area contributed by atoms with Crippen molar-refractivity contribution in [3.05, 3.63) is 66.2 Å². The van der Waals surface area contributed by atoms with Gasteiger partial charge in [-0.15, -0.1) is 0 Å². The molecule has 3 aromatic rings. The normalized spacial score (nSPS) is 16.3. The maximum atomic E-state index is 12.6. The predicted molar refractivity (Wildman–Crippen MR) is 105 cm³/mol. The van der Waals surface area contributed by atoms with Crippen LogP contribution in [0.3, 0.4) is 0 Å². The quantitative estimate of drug-likeness (QED) is 0.732. The first-order valence-corrected chi connectivity index (χ1v) is 9.04. The Morgan fingerprint density at radius 1 is 1.19 bits per heavy atom. The highest BCUT2D eigenvalue weighted by molar-refractivity contribution is 5.97. The van der Waals surface area contributed by atoms with Crippen LogP contribution < -0.4 is 15.0 Å². The number of ether oxygens (including phenoxy) is 1. The van der Waals surface area contributed by atoms with Gasteiger partial charge < -0.3 is 15.0 Å². The number of aromatic nitrogens is 2. The van der Waals surface area contributed by atoms with Crippen LogP contribution in [0.2, 0.25) is 0 Å². The Balaban J connectivity index is 1.41. The molecule has 138 valence electrons. The van der Waals surface area contributed by atoms with Crippen LogP contribution in [-0.4, -0.2) is 42.3 Å². The van der Waals surface area contributed by atoms with E-state index >= 15 is 0 Å². The Bertz CT molecular complexity index is 923. The second-order valence-corrected chi connectivity index (χ2v) is 6.61. The van der Waals surface area contributed by atoms with Crippen LogP contribution >= 0.6 is 0 Å². The zero-order valence-electron chi connectivity index (χ0n) is 15.2. The molecule has 2 aromatic carbocycles. The van der Waals surface area contributed by atoms with Gasteiger partial charge in [0, 0.05) is 25.2 Å². The van der Waals surface area contributed by atoms with Gasteiger partial charge >= 0.3 is 0 Å². The number of rotatable bonds is 5. The molecule has 6 heteroatoms. The van der Waals surface area contributed by atoms with Gasteiger partial charge in [0.05, 0.1) is 18.4 Å². The third-order valence-electron chi connectivity index (χ3n) is 4.85. The van der Waals surface area contributed by atoms with E-state index in [4.69, 9.17) is 4.74 Å². The van der Waals surface area contributed by atoms with Crippen LogP contribution in [0.1, 0.15) is 16.8 Å². The van der Waals surface area contributed by atoms with Crippen molar-refractivity contribution in [3.8, 4) is 17.0 Å². The first-order chi connectivity index (χ1) is 13.2. The third kappa shape index (κ3) is 3.65. The van der Waals surface area contributed by atoms with Crippen molar-refractivity contribution in [1.29, 1.82) is 0 Å². The largest absolute Gasteiger partial charge is 0.496 e. The molecule has 1 saturated heterocycles. The summed E-state index contributed by atoms with van der Waals surface area (Å²) in [5.74, 6) is 1.39. The van der Waals surface area contributed by atoms with Gasteiger partial charge in [-0.2, -0.15) is 5.10 Å². The molecule has 1 amide bonds. The summed E-state index contributed by atoms with van der Waals surface area (Å²) in [6.07, 6.45) is 0.883. The van der Waals surface area contributed by atoms with Crippen molar-refractivity contribution in [3.63, 3.8) is 0 Å². The topological polar surface area (TPSA) is 70.2 Å². The molecule has 1 fully saturated rings. The summed E-state index contributed by atoms with van der Waals surface area (Å²) >= 11 is 0. The summed E-state index contributed by atoms with van der Waals surface area (Å²) < 4.78 is 5.28. The fourth-order valence-electron chi connectivity index (χ4n) is 3.42. The molecule has 1 aliphatic rings. The van der Waals surface area contributed by atoms with Crippen molar-refractivity contribution in [2.45, 2.75) is 12.5 Å². The van der Waals surface area contributed by atoms with Gasteiger partial charge in [-0.1, -0.05) is 42.5 Å². The number of methoxy groups -OCH3 is 1. The second kappa shape index (κ2) is 7.53. The van der Waals surface area contributed by atoms with E-state index in [1.165, 1.54) is 0 Å². The SMILES string of the molecule is COc1ccccc1C(=O)NC1CCN(c2cc(-c3ccccc3)[nH]n2)C1. The van der Waals surface area contributed by atoms with Crippen LogP contribution in [0.5, 0.6) is 5.75 Å². The van der Waals surface area contributed by atoms with E-state index in [0.717, 1.165) is 36.6 Å². The molecule has 27 heavy (non-hydrogen) atoms. The van der Waals surface area contributed by atoms with Crippen molar-refractivity contribution < 1.29 is 9.53 Å². The standard InChI is InChI=1S/C21H22N4O2/c1-27-19-10-6-5-9-17(19)21(26)22-16-11-12-25(14-16)20-13-18(23-24-20)15-7-3-2-4-8-15/h2-10,13,16H,11-12,14H2,1H3,(H,22,26)(H,23,24). The Hall–Kier alpha value is -3.28. The number of para-hydroxylation sites is 1. The average Bonchev–Trinajstić information content (AvgIpc) is 3.38. The Morgan fingerprint density at radius 2 is 1.96 bits per heavy atom. The molecule has 0 spiro atoms. The van der Waals surface area contributed by atoms with Gasteiger partial charge in [-0.25, -0.2) is 0 Å². The van der Waals surface area contributed by atoms with Crippen LogP contribution in [0.25, 0.3) is 11.3 Å². The minimum absolute atomic E-state index is 0.0827. The summed E-state index contributed by atoms with van der Waals surface area (Å²) in [6.45, 7) is 1.59. The van der Waals surface area contributed by atoms with Crippen molar-refractivity contribution >= 4 is 11.7 Å². The van der Waals surface area contributed by atoms with Gasteiger partial charge in [-0.3, -0.25) is 9.89 Å². The molecular formula is C21H22N4O2. The molecule has 4 rings (SSSR count). The lowest BCUT2D eigenvalue weighted by Crippen LogP contribution is -2.37. The number of carbonyl (C=O) groups excluding carboxylic acids is 1. The van der Waals surface area contributed by atoms with E-state index in [0.29, 0.717) is 11.3 Å². The van der Waals surface area contributed by atoms with Crippen molar-refractivity contribution in [1.82, 2.24) is 15.5 Å². The molecule has 1 atom stereocenters. The molecular weight excluding hydrogens is 340 g/mol. The van der Waals surface area contributed by atoms with E-state index in [1.54, 1.807) is 19.2 Å². The molecule has 1 aliphatic heterocycles. The number of anilines is 1. The highest BCUT2D eigenvalue weighted by Crippen LogP contribution is 2.25. The molecule has 0 saturated carbocycles. The van der Waals surface area contributed by atoms with Gasteiger partial charge in [0.2, 0.25) is 0 Å². The summed E-state index contributed by atoms with van der Waals surface area (Å²) in [7, 11) is 1.57. The fraction of sp³-hybridized carbons (Fsp3) is 0.238. The number of nitrogens with zero attached hydrogens (tertiary/aromatic N) is 2. The minimum atomic E-state index is -0.105. The summed E-state index contributed by atoms with van der Waals surface area (Å²) in [4.78, 5) is 14.8. The maximum absolute atomic E-state index is 12.6. The molecule has 1 aromatic heterocycles. The molecule has 0 bridgehead atoms. The molecule has 6 nitrogen and oxygen atoms in total. The molecule has 1 unspecified atom stereocenters. The number of carbonyl (C=O) groups is 1. The van der Waals surface area contributed by atoms with E-state index in [-0.39, 0.29) is 11.9 Å². The first-order valence-electron chi connectivity index (χ1n) is 9.04. The number of benzene rings is 2. The lowest BCUT2D eigenvalue weighted by molar-refractivity contribution is 0.0937. The number of nitrogens with one attached hydrogen (secondary N) is 2. The van der Waals surface area contributed by atoms with Crippen LogP contribution in [0.15, 0.2) is 60.7 Å². The first kappa shape index (κ1) is 17.1. The monoisotopic (exact) mass is 362 g/mol. The Kier molecular flexibility index (Phi) is 4.78. The number of H-pyrrole nitrogens is 1. The van der Waals surface area contributed by atoms with Crippen molar-refractivity contribution in [2.75, 3.05) is 25.1 Å². The smallest absolute Gasteiger partial charge is 0.255 e. The highest BCUT2D eigenvalue weighted by atomic mass is 16.5. The lowest BCUT2D eigenvalue weighted by atomic mass is 10.1. The summed E-state index contributed by atoms with van der Waals surface area (Å²) in [6, 6.07) is 19.5. The predicted octanol–water partition coefficient (Wildman–Crippen LogP) is 3.09. The Morgan fingerprint density at radius 3 is 2.78 bits per heavy atom. The number of hydrogen-bond acceptors (Lipinski definition) is 4. The molecule has 0 aliphatic carbocycles. The molecule has 2 heterocycles. The Labute approximate surface area is 158 Å². The molecule has 0 radical (unpaired) electrons. The average molecular weight is 362 g/mol. The van der Waals surface area contributed by atoms with E-state index in [9.17, 15) is 4.79 Å². The van der Waals surface area contributed by atoms with Gasteiger partial charge in [0.25, 0.3) is 5.91 Å². The lowest BCUT2D eigenvalue weighted by Gasteiger charge is -2.16. The zero-order valence-corrected chi connectivity index (χ0v) is 15.2. The van der Waals surface area contributed by atoms with E-state index in [2.05, 4.69) is 38.6 Å². The van der Waals surface area contributed by atoms with Gasteiger partial charge in [-0.05, 0) is 24.1 Å². The van der Waals surface area contributed by atoms with Crippen molar-refractivity contribution in [2.24, 2.45) is 0 Å². The molecule has 2 N–H and O–H groups in total.